The molecule has 8 heteroatoms. The topological polar surface area (TPSA) is 122 Å². The largest absolute Gasteiger partial charge is 0.390 e. The highest BCUT2D eigenvalue weighted by Gasteiger charge is 2.19. The van der Waals surface area contributed by atoms with Crippen molar-refractivity contribution in [1.82, 2.24) is 15.1 Å². The molecule has 0 radical (unpaired) electrons. The van der Waals surface area contributed by atoms with E-state index in [-0.39, 0.29) is 5.69 Å². The minimum Gasteiger partial charge on any atom is -0.390 e. The number of carbonyl (C=O) groups excluding carboxylic acids is 1. The van der Waals surface area contributed by atoms with Gasteiger partial charge in [0.05, 0.1) is 29.7 Å². The van der Waals surface area contributed by atoms with Crippen LogP contribution < -0.4 is 11.2 Å². The molecule has 1 aromatic carbocycles. The van der Waals surface area contributed by atoms with Gasteiger partial charge in [-0.3, -0.25) is 19.6 Å². The minimum atomic E-state index is -0.852. The summed E-state index contributed by atoms with van der Waals surface area (Å²) in [5.41, 5.74) is 6.13. The van der Waals surface area contributed by atoms with Crippen LogP contribution >= 0.6 is 0 Å². The van der Waals surface area contributed by atoms with E-state index in [1.165, 1.54) is 0 Å². The van der Waals surface area contributed by atoms with Gasteiger partial charge in [0.25, 0.3) is 5.91 Å². The zero-order chi connectivity index (χ0) is 19.6. The molecule has 1 aliphatic heterocycles. The number of nitrogens with two attached hydrogens (primary N) is 1. The number of aromatic nitrogens is 2. The summed E-state index contributed by atoms with van der Waals surface area (Å²) in [5, 5.41) is 17.1. The van der Waals surface area contributed by atoms with Crippen molar-refractivity contribution in [3.05, 3.63) is 39.2 Å². The molecule has 0 saturated carbocycles. The van der Waals surface area contributed by atoms with Crippen LogP contribution in [0.15, 0.2) is 16.9 Å². The smallest absolute Gasteiger partial charge is 0.273 e. The molecule has 0 atom stereocenters. The first-order valence-electron chi connectivity index (χ1n) is 9.11. The highest BCUT2D eigenvalue weighted by Crippen LogP contribution is 2.22. The van der Waals surface area contributed by atoms with Gasteiger partial charge in [0.15, 0.2) is 5.69 Å². The summed E-state index contributed by atoms with van der Waals surface area (Å²) >= 11 is 0. The van der Waals surface area contributed by atoms with Gasteiger partial charge in [-0.25, -0.2) is 0 Å². The molecule has 1 amide bonds. The molecule has 1 aliphatic rings. The molecule has 0 unspecified atom stereocenters. The maximum absolute atomic E-state index is 12.7. The van der Waals surface area contributed by atoms with Gasteiger partial charge in [0.1, 0.15) is 0 Å². The van der Waals surface area contributed by atoms with Crippen LogP contribution in [0.4, 0.5) is 0 Å². The second-order valence-electron chi connectivity index (χ2n) is 7.64. The van der Waals surface area contributed by atoms with Crippen LogP contribution in [0.1, 0.15) is 41.9 Å². The number of hydrogen-bond acceptors (Lipinski definition) is 6. The van der Waals surface area contributed by atoms with E-state index in [4.69, 9.17) is 10.5 Å². The van der Waals surface area contributed by atoms with Crippen LogP contribution in [-0.2, 0) is 17.7 Å². The lowest BCUT2D eigenvalue weighted by Crippen LogP contribution is -2.35. The second kappa shape index (κ2) is 7.75. The lowest BCUT2D eigenvalue weighted by Gasteiger charge is -2.27. The van der Waals surface area contributed by atoms with Gasteiger partial charge in [-0.15, -0.1) is 0 Å². The average Bonchev–Trinajstić information content (AvgIpc) is 2.60. The van der Waals surface area contributed by atoms with E-state index >= 15 is 0 Å². The fraction of sp³-hybridized carbons (Fsp3) is 0.526. The molecule has 1 saturated heterocycles. The van der Waals surface area contributed by atoms with E-state index in [0.29, 0.717) is 43.5 Å². The number of hydrogen-bond donors (Lipinski definition) is 3. The van der Waals surface area contributed by atoms with Crippen LogP contribution in [-0.4, -0.2) is 58.0 Å². The van der Waals surface area contributed by atoms with Gasteiger partial charge >= 0.3 is 0 Å². The molecule has 0 spiro atoms. The fourth-order valence-corrected chi connectivity index (χ4v) is 3.28. The van der Waals surface area contributed by atoms with Crippen molar-refractivity contribution in [1.29, 1.82) is 0 Å². The standard InChI is InChI=1S/C19H26N4O4/c1-19(2,26)4-3-13-9-12(11-23-5-7-27-8-6-23)10-14-15(13)21-22-16(17(14)24)18(20)25/h9-10,26H,3-8,11H2,1-2H3,(H2,20,25)(H,21,24). The third-order valence-electron chi connectivity index (χ3n) is 4.77. The Kier molecular flexibility index (Phi) is 5.59. The van der Waals surface area contributed by atoms with Crippen molar-refractivity contribution in [3.63, 3.8) is 0 Å². The van der Waals surface area contributed by atoms with E-state index in [0.717, 1.165) is 24.2 Å². The summed E-state index contributed by atoms with van der Waals surface area (Å²) < 4.78 is 5.38. The van der Waals surface area contributed by atoms with Gasteiger partial charge in [0, 0.05) is 19.6 Å². The number of carbonyl (C=O) groups is 1. The number of aliphatic hydroxyl groups is 1. The first kappa shape index (κ1) is 19.5. The predicted octanol–water partition coefficient (Wildman–Crippen LogP) is 0.558. The van der Waals surface area contributed by atoms with Crippen LogP contribution in [0.2, 0.25) is 0 Å². The second-order valence-corrected chi connectivity index (χ2v) is 7.64. The summed E-state index contributed by atoms with van der Waals surface area (Å²) in [7, 11) is 0. The highest BCUT2D eigenvalue weighted by molar-refractivity contribution is 5.94. The molecule has 1 fully saturated rings. The van der Waals surface area contributed by atoms with Crippen LogP contribution in [0.5, 0.6) is 0 Å². The van der Waals surface area contributed by atoms with Crippen molar-refractivity contribution in [2.45, 2.75) is 38.8 Å². The number of benzene rings is 1. The molecule has 4 N–H and O–H groups in total. The zero-order valence-electron chi connectivity index (χ0n) is 15.7. The number of aromatic amines is 1. The normalized spacial score (nSPS) is 16.0. The molecule has 146 valence electrons. The molecule has 2 heterocycles. The summed E-state index contributed by atoms with van der Waals surface area (Å²) in [6.07, 6.45) is 1.10. The SMILES string of the molecule is CC(C)(O)CCc1cc(CN2CCOCC2)cc2c(=O)c(C(N)=O)n[nH]c12. The summed E-state index contributed by atoms with van der Waals surface area (Å²) in [6.45, 7) is 7.22. The van der Waals surface area contributed by atoms with Gasteiger partial charge in [0.2, 0.25) is 5.43 Å². The number of rotatable bonds is 6. The summed E-state index contributed by atoms with van der Waals surface area (Å²) in [6, 6.07) is 3.83. The van der Waals surface area contributed by atoms with Crippen LogP contribution in [0.3, 0.4) is 0 Å². The zero-order valence-corrected chi connectivity index (χ0v) is 15.7. The Morgan fingerprint density at radius 2 is 2.07 bits per heavy atom. The highest BCUT2D eigenvalue weighted by atomic mass is 16.5. The molecular formula is C19H26N4O4. The van der Waals surface area contributed by atoms with Crippen molar-refractivity contribution in [2.75, 3.05) is 26.3 Å². The van der Waals surface area contributed by atoms with Crippen molar-refractivity contribution < 1.29 is 14.6 Å². The Hall–Kier alpha value is -2.29. The van der Waals surface area contributed by atoms with Gasteiger partial charge in [-0.2, -0.15) is 5.10 Å². The Labute approximate surface area is 157 Å². The molecule has 27 heavy (non-hydrogen) atoms. The number of nitrogens with one attached hydrogen (secondary N) is 1. The fourth-order valence-electron chi connectivity index (χ4n) is 3.28. The van der Waals surface area contributed by atoms with E-state index in [2.05, 4.69) is 15.1 Å². The average molecular weight is 374 g/mol. The monoisotopic (exact) mass is 374 g/mol. The van der Waals surface area contributed by atoms with Crippen molar-refractivity contribution in [2.24, 2.45) is 5.73 Å². The van der Waals surface area contributed by atoms with Crippen LogP contribution in [0, 0.1) is 0 Å². The molecule has 0 bridgehead atoms. The van der Waals surface area contributed by atoms with Crippen molar-refractivity contribution in [3.8, 4) is 0 Å². The van der Waals surface area contributed by atoms with Crippen LogP contribution in [0.25, 0.3) is 10.9 Å². The number of amides is 1. The Morgan fingerprint density at radius 3 is 2.70 bits per heavy atom. The molecule has 3 rings (SSSR count). The molecule has 2 aromatic rings. The van der Waals surface area contributed by atoms with E-state index in [9.17, 15) is 14.7 Å². The van der Waals surface area contributed by atoms with Gasteiger partial charge < -0.3 is 15.6 Å². The number of nitrogens with zero attached hydrogens (tertiary/aromatic N) is 2. The van der Waals surface area contributed by atoms with E-state index in [1.807, 2.05) is 6.07 Å². The lowest BCUT2D eigenvalue weighted by atomic mass is 9.95. The van der Waals surface area contributed by atoms with Gasteiger partial charge in [-0.1, -0.05) is 6.07 Å². The molecule has 1 aromatic heterocycles. The maximum Gasteiger partial charge on any atom is 0.273 e. The Balaban J connectivity index is 2.05. The van der Waals surface area contributed by atoms with E-state index in [1.54, 1.807) is 19.9 Å². The third-order valence-corrected chi connectivity index (χ3v) is 4.77. The first-order valence-corrected chi connectivity index (χ1v) is 9.11. The maximum atomic E-state index is 12.7. The summed E-state index contributed by atoms with van der Waals surface area (Å²) in [4.78, 5) is 26.5. The lowest BCUT2D eigenvalue weighted by molar-refractivity contribution is 0.0342. The Bertz CT molecular complexity index is 895. The molecule has 8 nitrogen and oxygen atoms in total. The number of morpholine rings is 1. The number of ether oxygens (including phenoxy) is 1. The number of H-pyrrole nitrogens is 1. The minimum absolute atomic E-state index is 0.292. The Morgan fingerprint density at radius 1 is 1.37 bits per heavy atom. The number of aryl methyl sites for hydroxylation is 1. The first-order chi connectivity index (χ1) is 12.7. The van der Waals surface area contributed by atoms with Gasteiger partial charge in [-0.05, 0) is 43.9 Å². The van der Waals surface area contributed by atoms with Crippen molar-refractivity contribution >= 4 is 16.8 Å². The predicted molar refractivity (Wildman–Crippen MR) is 102 cm³/mol. The number of fused-ring (bicyclic) bond motifs is 1. The third kappa shape index (κ3) is 4.71. The quantitative estimate of drug-likeness (QED) is 0.679. The number of primary amides is 1. The molecule has 0 aliphatic carbocycles. The molecular weight excluding hydrogens is 348 g/mol. The van der Waals surface area contributed by atoms with E-state index < -0.39 is 16.9 Å². The summed E-state index contributed by atoms with van der Waals surface area (Å²) in [5.74, 6) is -0.852.